The summed E-state index contributed by atoms with van der Waals surface area (Å²) in [6, 6.07) is 7.68. The Kier molecular flexibility index (Phi) is 6.62. The van der Waals surface area contributed by atoms with Gasteiger partial charge in [-0.1, -0.05) is 13.3 Å². The molecule has 142 valence electrons. The van der Waals surface area contributed by atoms with Crippen LogP contribution in [0.2, 0.25) is 0 Å². The SMILES string of the molecule is CCCCN(C)c1ccc(NS(=O)(=O)c2ccc(OC)c(OC)c2)nn1. The molecule has 8 nitrogen and oxygen atoms in total. The summed E-state index contributed by atoms with van der Waals surface area (Å²) < 4.78 is 37.8. The summed E-state index contributed by atoms with van der Waals surface area (Å²) in [6.07, 6.45) is 2.13. The van der Waals surface area contributed by atoms with Crippen LogP contribution in [-0.2, 0) is 10.0 Å². The van der Waals surface area contributed by atoms with Crippen LogP contribution in [0.25, 0.3) is 0 Å². The lowest BCUT2D eigenvalue weighted by Crippen LogP contribution is -2.20. The lowest BCUT2D eigenvalue weighted by molar-refractivity contribution is 0.354. The van der Waals surface area contributed by atoms with Crippen molar-refractivity contribution in [1.82, 2.24) is 10.2 Å². The molecule has 1 N–H and O–H groups in total. The molecular weight excluding hydrogens is 356 g/mol. The number of sulfonamides is 1. The third-order valence-corrected chi connectivity index (χ3v) is 5.15. The number of benzene rings is 1. The first-order valence-electron chi connectivity index (χ1n) is 8.21. The third-order valence-electron chi connectivity index (χ3n) is 3.79. The molecule has 0 atom stereocenters. The van der Waals surface area contributed by atoms with Crippen molar-refractivity contribution in [3.8, 4) is 11.5 Å². The van der Waals surface area contributed by atoms with Gasteiger partial charge < -0.3 is 14.4 Å². The molecule has 0 aliphatic rings. The summed E-state index contributed by atoms with van der Waals surface area (Å²) in [5.74, 6) is 1.61. The zero-order chi connectivity index (χ0) is 19.2. The molecule has 0 fully saturated rings. The topological polar surface area (TPSA) is 93.7 Å². The van der Waals surface area contributed by atoms with Crippen molar-refractivity contribution in [3.63, 3.8) is 0 Å². The first kappa shape index (κ1) is 19.8. The maximum Gasteiger partial charge on any atom is 0.263 e. The Balaban J connectivity index is 2.16. The lowest BCUT2D eigenvalue weighted by atomic mass is 10.3. The first-order chi connectivity index (χ1) is 12.4. The van der Waals surface area contributed by atoms with Gasteiger partial charge in [0.15, 0.2) is 23.1 Å². The molecule has 0 amide bonds. The van der Waals surface area contributed by atoms with Gasteiger partial charge >= 0.3 is 0 Å². The number of anilines is 2. The summed E-state index contributed by atoms with van der Waals surface area (Å²) in [5, 5.41) is 8.03. The van der Waals surface area contributed by atoms with Gasteiger partial charge in [0, 0.05) is 19.7 Å². The van der Waals surface area contributed by atoms with E-state index in [1.807, 2.05) is 11.9 Å². The quantitative estimate of drug-likeness (QED) is 0.714. The van der Waals surface area contributed by atoms with Crippen LogP contribution in [0.5, 0.6) is 11.5 Å². The smallest absolute Gasteiger partial charge is 0.263 e. The van der Waals surface area contributed by atoms with E-state index in [1.165, 1.54) is 32.4 Å². The number of ether oxygens (including phenoxy) is 2. The van der Waals surface area contributed by atoms with Gasteiger partial charge in [0.2, 0.25) is 0 Å². The van der Waals surface area contributed by atoms with Crippen LogP contribution in [0.4, 0.5) is 11.6 Å². The molecule has 2 aromatic rings. The van der Waals surface area contributed by atoms with Crippen molar-refractivity contribution in [2.45, 2.75) is 24.7 Å². The molecule has 1 heterocycles. The highest BCUT2D eigenvalue weighted by atomic mass is 32.2. The molecule has 9 heteroatoms. The van der Waals surface area contributed by atoms with Crippen LogP contribution in [0, 0.1) is 0 Å². The molecule has 0 aliphatic heterocycles. The standard InChI is InChI=1S/C17H24N4O4S/c1-5-6-11-21(2)17-10-9-16(18-19-17)20-26(22,23)13-7-8-14(24-3)15(12-13)25-4/h7-10,12H,5-6,11H2,1-4H3,(H,18,20). The minimum Gasteiger partial charge on any atom is -0.493 e. The number of methoxy groups -OCH3 is 2. The maximum atomic E-state index is 12.5. The molecule has 1 aromatic carbocycles. The lowest BCUT2D eigenvalue weighted by Gasteiger charge is -2.17. The Morgan fingerprint density at radius 1 is 1.08 bits per heavy atom. The van der Waals surface area contributed by atoms with Crippen LogP contribution in [0.15, 0.2) is 35.2 Å². The highest BCUT2D eigenvalue weighted by Gasteiger charge is 2.18. The van der Waals surface area contributed by atoms with E-state index in [0.29, 0.717) is 17.3 Å². The molecule has 0 saturated heterocycles. The van der Waals surface area contributed by atoms with Crippen molar-refractivity contribution < 1.29 is 17.9 Å². The van der Waals surface area contributed by atoms with Gasteiger partial charge in [0.1, 0.15) is 0 Å². The molecule has 0 bridgehead atoms. The third kappa shape index (κ3) is 4.75. The highest BCUT2D eigenvalue weighted by Crippen LogP contribution is 2.30. The molecule has 0 spiro atoms. The zero-order valence-electron chi connectivity index (χ0n) is 15.4. The normalized spacial score (nSPS) is 11.1. The van der Waals surface area contributed by atoms with E-state index in [9.17, 15) is 8.42 Å². The van der Waals surface area contributed by atoms with Gasteiger partial charge in [-0.2, -0.15) is 0 Å². The van der Waals surface area contributed by atoms with Crippen LogP contribution < -0.4 is 19.1 Å². The number of hydrogen-bond donors (Lipinski definition) is 1. The fourth-order valence-electron chi connectivity index (χ4n) is 2.27. The van der Waals surface area contributed by atoms with E-state index in [0.717, 1.165) is 19.4 Å². The Morgan fingerprint density at radius 2 is 1.81 bits per heavy atom. The van der Waals surface area contributed by atoms with Gasteiger partial charge in [-0.15, -0.1) is 10.2 Å². The molecule has 0 unspecified atom stereocenters. The molecule has 0 radical (unpaired) electrons. The Bertz CT molecular complexity index is 825. The van der Waals surface area contributed by atoms with Gasteiger partial charge in [-0.3, -0.25) is 4.72 Å². The predicted octanol–water partition coefficient (Wildman–Crippen LogP) is 2.53. The zero-order valence-corrected chi connectivity index (χ0v) is 16.2. The molecule has 2 rings (SSSR count). The predicted molar refractivity (Wildman–Crippen MR) is 101 cm³/mol. The monoisotopic (exact) mass is 380 g/mol. The van der Waals surface area contributed by atoms with Gasteiger partial charge in [-0.05, 0) is 30.7 Å². The first-order valence-corrected chi connectivity index (χ1v) is 9.69. The van der Waals surface area contributed by atoms with Gasteiger partial charge in [0.05, 0.1) is 19.1 Å². The summed E-state index contributed by atoms with van der Waals surface area (Å²) in [5.41, 5.74) is 0. The maximum absolute atomic E-state index is 12.5. The molecule has 1 aromatic heterocycles. The number of hydrogen-bond acceptors (Lipinski definition) is 7. The Labute approximate surface area is 154 Å². The van der Waals surface area contributed by atoms with Crippen molar-refractivity contribution >= 4 is 21.7 Å². The molecular formula is C17H24N4O4S. The van der Waals surface area contributed by atoms with E-state index in [4.69, 9.17) is 9.47 Å². The van der Waals surface area contributed by atoms with E-state index in [-0.39, 0.29) is 10.7 Å². The Morgan fingerprint density at radius 3 is 2.38 bits per heavy atom. The van der Waals surface area contributed by atoms with E-state index < -0.39 is 10.0 Å². The van der Waals surface area contributed by atoms with Crippen molar-refractivity contribution in [3.05, 3.63) is 30.3 Å². The average Bonchev–Trinajstić information content (AvgIpc) is 2.65. The fraction of sp³-hybridized carbons (Fsp3) is 0.412. The number of nitrogens with zero attached hydrogens (tertiary/aromatic N) is 3. The Hall–Kier alpha value is -2.55. The fourth-order valence-corrected chi connectivity index (χ4v) is 3.28. The van der Waals surface area contributed by atoms with Crippen molar-refractivity contribution in [2.24, 2.45) is 0 Å². The average molecular weight is 380 g/mol. The van der Waals surface area contributed by atoms with Crippen LogP contribution >= 0.6 is 0 Å². The van der Waals surface area contributed by atoms with Crippen LogP contribution in [0.3, 0.4) is 0 Å². The summed E-state index contributed by atoms with van der Waals surface area (Å²) in [7, 11) is 1.03. The second-order valence-electron chi connectivity index (χ2n) is 5.67. The minimum absolute atomic E-state index is 0.0427. The minimum atomic E-state index is -3.82. The molecule has 0 aliphatic carbocycles. The number of rotatable bonds is 9. The van der Waals surface area contributed by atoms with Crippen LogP contribution in [-0.4, -0.2) is 46.4 Å². The number of unbranched alkanes of at least 4 members (excludes halogenated alkanes) is 1. The summed E-state index contributed by atoms with van der Waals surface area (Å²) >= 11 is 0. The number of nitrogens with one attached hydrogen (secondary N) is 1. The molecule has 0 saturated carbocycles. The van der Waals surface area contributed by atoms with E-state index in [1.54, 1.807) is 12.1 Å². The summed E-state index contributed by atoms with van der Waals surface area (Å²) in [4.78, 5) is 2.02. The van der Waals surface area contributed by atoms with Crippen molar-refractivity contribution in [2.75, 3.05) is 37.4 Å². The van der Waals surface area contributed by atoms with E-state index >= 15 is 0 Å². The van der Waals surface area contributed by atoms with Crippen molar-refractivity contribution in [1.29, 1.82) is 0 Å². The van der Waals surface area contributed by atoms with Crippen LogP contribution in [0.1, 0.15) is 19.8 Å². The largest absolute Gasteiger partial charge is 0.493 e. The second-order valence-corrected chi connectivity index (χ2v) is 7.36. The number of aromatic nitrogens is 2. The second kappa shape index (κ2) is 8.70. The molecule has 26 heavy (non-hydrogen) atoms. The van der Waals surface area contributed by atoms with E-state index in [2.05, 4.69) is 21.8 Å². The highest BCUT2D eigenvalue weighted by molar-refractivity contribution is 7.92. The summed E-state index contributed by atoms with van der Waals surface area (Å²) in [6.45, 7) is 2.98. The van der Waals surface area contributed by atoms with Gasteiger partial charge in [0.25, 0.3) is 10.0 Å². The van der Waals surface area contributed by atoms with Gasteiger partial charge in [-0.25, -0.2) is 8.42 Å².